The van der Waals surface area contributed by atoms with Crippen LogP contribution in [-0.4, -0.2) is 12.1 Å². The Morgan fingerprint density at radius 2 is 1.75 bits per heavy atom. The van der Waals surface area contributed by atoms with Crippen molar-refractivity contribution in [2.75, 3.05) is 0 Å². The number of hydrogen-bond acceptors (Lipinski definition) is 2. The number of ether oxygens (including phenoxy) is 1. The first-order chi connectivity index (χ1) is 11.3. The van der Waals surface area contributed by atoms with Gasteiger partial charge in [0.05, 0.1) is 0 Å². The molecule has 3 rings (SSSR count). The number of carbonyl (C=O) groups excluding carboxylic acids is 1. The van der Waals surface area contributed by atoms with E-state index in [0.29, 0.717) is 28.7 Å². The first-order valence-corrected chi connectivity index (χ1v) is 7.79. The number of hydrogen-bond donors (Lipinski definition) is 0. The fraction of sp³-hybridized carbons (Fsp3) is 0.316. The fourth-order valence-electron chi connectivity index (χ4n) is 3.25. The summed E-state index contributed by atoms with van der Waals surface area (Å²) in [7, 11) is 0. The van der Waals surface area contributed by atoms with Crippen molar-refractivity contribution >= 4 is 5.78 Å². The molecule has 5 heteroatoms. The molecule has 0 spiro atoms. The number of ketones is 1. The van der Waals surface area contributed by atoms with Crippen LogP contribution in [0.4, 0.5) is 13.2 Å². The van der Waals surface area contributed by atoms with E-state index in [1.807, 2.05) is 13.8 Å². The summed E-state index contributed by atoms with van der Waals surface area (Å²) in [4.78, 5) is 12.6. The quantitative estimate of drug-likeness (QED) is 0.765. The molecule has 1 unspecified atom stereocenters. The fourth-order valence-corrected chi connectivity index (χ4v) is 3.25. The van der Waals surface area contributed by atoms with E-state index in [2.05, 4.69) is 4.74 Å². The molecule has 1 aliphatic carbocycles. The Kier molecular flexibility index (Phi) is 4.11. The van der Waals surface area contributed by atoms with Crippen molar-refractivity contribution in [3.63, 3.8) is 0 Å². The molecule has 0 N–H and O–H groups in total. The van der Waals surface area contributed by atoms with Crippen molar-refractivity contribution in [3.05, 3.63) is 53.6 Å². The maximum atomic E-state index is 12.8. The molecule has 0 heterocycles. The minimum atomic E-state index is -4.78. The first-order valence-electron chi connectivity index (χ1n) is 7.79. The van der Waals surface area contributed by atoms with Gasteiger partial charge in [-0.05, 0) is 35.6 Å². The molecule has 0 bridgehead atoms. The highest BCUT2D eigenvalue weighted by molar-refractivity contribution is 6.05. The van der Waals surface area contributed by atoms with E-state index in [1.54, 1.807) is 30.3 Å². The molecule has 126 valence electrons. The van der Waals surface area contributed by atoms with Crippen LogP contribution in [0, 0.1) is 11.8 Å². The first kappa shape index (κ1) is 16.6. The monoisotopic (exact) mass is 334 g/mol. The summed E-state index contributed by atoms with van der Waals surface area (Å²) in [5.41, 5.74) is 2.13. The summed E-state index contributed by atoms with van der Waals surface area (Å²) < 4.78 is 42.6. The molecule has 24 heavy (non-hydrogen) atoms. The van der Waals surface area contributed by atoms with Crippen molar-refractivity contribution in [2.45, 2.75) is 26.6 Å². The van der Waals surface area contributed by atoms with Crippen LogP contribution in [0.2, 0.25) is 0 Å². The second kappa shape index (κ2) is 5.96. The van der Waals surface area contributed by atoms with Crippen molar-refractivity contribution in [1.29, 1.82) is 0 Å². The molecule has 0 amide bonds. The van der Waals surface area contributed by atoms with Crippen molar-refractivity contribution in [3.8, 4) is 16.9 Å². The molecule has 1 aliphatic rings. The molecule has 1 atom stereocenters. The lowest BCUT2D eigenvalue weighted by Gasteiger charge is -2.17. The van der Waals surface area contributed by atoms with E-state index in [9.17, 15) is 18.0 Å². The zero-order chi connectivity index (χ0) is 17.5. The van der Waals surface area contributed by atoms with Crippen LogP contribution in [0.25, 0.3) is 11.1 Å². The lowest BCUT2D eigenvalue weighted by Crippen LogP contribution is -2.18. The highest BCUT2D eigenvalue weighted by atomic mass is 19.4. The number of Topliss-reactive ketones (excluding diaryl/α,β-unsaturated/α-hetero) is 1. The topological polar surface area (TPSA) is 26.3 Å². The third-order valence-electron chi connectivity index (χ3n) is 4.39. The second-order valence-corrected chi connectivity index (χ2v) is 6.30. The number of alkyl halides is 3. The molecule has 0 radical (unpaired) electrons. The molecule has 0 aromatic heterocycles. The van der Waals surface area contributed by atoms with Crippen LogP contribution < -0.4 is 4.74 Å². The Hall–Kier alpha value is -2.30. The van der Waals surface area contributed by atoms with Crippen LogP contribution >= 0.6 is 0 Å². The van der Waals surface area contributed by atoms with E-state index in [0.717, 1.165) is 0 Å². The van der Waals surface area contributed by atoms with Crippen LogP contribution in [0.15, 0.2) is 42.5 Å². The van der Waals surface area contributed by atoms with Gasteiger partial charge in [-0.15, -0.1) is 13.2 Å². The average molecular weight is 334 g/mol. The maximum Gasteiger partial charge on any atom is 0.573 e. The number of carbonyl (C=O) groups is 1. The van der Waals surface area contributed by atoms with Gasteiger partial charge in [0.15, 0.2) is 5.78 Å². The summed E-state index contributed by atoms with van der Waals surface area (Å²) in [6.07, 6.45) is -4.34. The molecule has 0 saturated heterocycles. The number of rotatable bonds is 3. The van der Waals surface area contributed by atoms with Crippen LogP contribution in [0.1, 0.15) is 29.8 Å². The largest absolute Gasteiger partial charge is 0.573 e. The Labute approximate surface area is 138 Å². The van der Waals surface area contributed by atoms with E-state index >= 15 is 0 Å². The molecule has 2 nitrogen and oxygen atoms in total. The van der Waals surface area contributed by atoms with Gasteiger partial charge in [-0.1, -0.05) is 44.2 Å². The van der Waals surface area contributed by atoms with E-state index in [4.69, 9.17) is 0 Å². The van der Waals surface area contributed by atoms with Crippen molar-refractivity contribution in [1.82, 2.24) is 0 Å². The van der Waals surface area contributed by atoms with Gasteiger partial charge in [-0.25, -0.2) is 0 Å². The van der Waals surface area contributed by atoms with Gasteiger partial charge in [0, 0.05) is 17.0 Å². The highest BCUT2D eigenvalue weighted by Gasteiger charge is 2.38. The van der Waals surface area contributed by atoms with Gasteiger partial charge in [0.1, 0.15) is 5.75 Å². The molecular formula is C19H17F3O2. The maximum absolute atomic E-state index is 12.8. The Morgan fingerprint density at radius 3 is 2.33 bits per heavy atom. The zero-order valence-corrected chi connectivity index (χ0v) is 13.4. The Bertz CT molecular complexity index is 764. The van der Waals surface area contributed by atoms with Gasteiger partial charge < -0.3 is 4.74 Å². The predicted octanol–water partition coefficient (Wildman–Crippen LogP) is 5.26. The van der Waals surface area contributed by atoms with Gasteiger partial charge in [0.2, 0.25) is 0 Å². The zero-order valence-electron chi connectivity index (χ0n) is 13.4. The normalized spacial score (nSPS) is 17.2. The molecule has 2 aromatic carbocycles. The minimum absolute atomic E-state index is 0.00394. The smallest absolute Gasteiger partial charge is 0.405 e. The molecule has 2 aromatic rings. The van der Waals surface area contributed by atoms with E-state index in [1.165, 1.54) is 12.1 Å². The average Bonchev–Trinajstić information content (AvgIpc) is 2.84. The number of benzene rings is 2. The minimum Gasteiger partial charge on any atom is -0.405 e. The standard InChI is InChI=1S/C19H17F3O2/c1-11(2)14-10-15-13(18(14)23)8-9-16(24-19(20,21)22)17(15)12-6-4-3-5-7-12/h3-9,11,14H,10H2,1-2H3. The van der Waals surface area contributed by atoms with Gasteiger partial charge in [-0.2, -0.15) is 0 Å². The summed E-state index contributed by atoms with van der Waals surface area (Å²) in [5, 5.41) is 0. The third-order valence-corrected chi connectivity index (χ3v) is 4.39. The van der Waals surface area contributed by atoms with E-state index in [-0.39, 0.29) is 23.4 Å². The molecular weight excluding hydrogens is 317 g/mol. The van der Waals surface area contributed by atoms with E-state index < -0.39 is 6.36 Å². The summed E-state index contributed by atoms with van der Waals surface area (Å²) >= 11 is 0. The molecule has 0 aliphatic heterocycles. The van der Waals surface area contributed by atoms with Gasteiger partial charge in [0.25, 0.3) is 0 Å². The molecule has 0 saturated carbocycles. The highest BCUT2D eigenvalue weighted by Crippen LogP contribution is 2.43. The molecule has 0 fully saturated rings. The van der Waals surface area contributed by atoms with Crippen LogP contribution in [-0.2, 0) is 6.42 Å². The van der Waals surface area contributed by atoms with Crippen LogP contribution in [0.5, 0.6) is 5.75 Å². The van der Waals surface area contributed by atoms with Crippen molar-refractivity contribution in [2.24, 2.45) is 11.8 Å². The lowest BCUT2D eigenvalue weighted by atomic mass is 9.91. The van der Waals surface area contributed by atoms with Gasteiger partial charge >= 0.3 is 6.36 Å². The Balaban J connectivity index is 2.19. The Morgan fingerprint density at radius 1 is 1.08 bits per heavy atom. The van der Waals surface area contributed by atoms with Crippen LogP contribution in [0.3, 0.4) is 0 Å². The number of fused-ring (bicyclic) bond motifs is 1. The summed E-state index contributed by atoms with van der Waals surface area (Å²) in [5.74, 6) is -0.343. The van der Waals surface area contributed by atoms with Crippen molar-refractivity contribution < 1.29 is 22.7 Å². The summed E-state index contributed by atoms with van der Waals surface area (Å²) in [6, 6.07) is 11.4. The van der Waals surface area contributed by atoms with Gasteiger partial charge in [-0.3, -0.25) is 4.79 Å². The SMILES string of the molecule is CC(C)C1Cc2c(ccc(OC(F)(F)F)c2-c2ccccc2)C1=O. The second-order valence-electron chi connectivity index (χ2n) is 6.30. The number of halogens is 3. The predicted molar refractivity (Wildman–Crippen MR) is 84.9 cm³/mol. The lowest BCUT2D eigenvalue weighted by molar-refractivity contribution is -0.274. The summed E-state index contributed by atoms with van der Waals surface area (Å²) in [6.45, 7) is 3.90. The third kappa shape index (κ3) is 3.03.